The molecule has 5 heteroatoms. The summed E-state index contributed by atoms with van der Waals surface area (Å²) >= 11 is 2.86. The lowest BCUT2D eigenvalue weighted by Crippen LogP contribution is -2.06. The van der Waals surface area contributed by atoms with Gasteiger partial charge < -0.3 is 9.84 Å². The summed E-state index contributed by atoms with van der Waals surface area (Å²) in [5, 5.41) is 9.11. The largest absolute Gasteiger partial charge is 0.507 e. The minimum atomic E-state index is -0.643. The molecular formula is C9H8BrFO3. The van der Waals surface area contributed by atoms with E-state index in [9.17, 15) is 9.18 Å². The smallest absolute Gasteiger partial charge is 0.310 e. The van der Waals surface area contributed by atoms with Crippen molar-refractivity contribution in [1.82, 2.24) is 0 Å². The van der Waals surface area contributed by atoms with Crippen LogP contribution in [0.15, 0.2) is 16.6 Å². The van der Waals surface area contributed by atoms with Gasteiger partial charge in [-0.3, -0.25) is 4.79 Å². The van der Waals surface area contributed by atoms with Crippen LogP contribution >= 0.6 is 15.9 Å². The molecule has 1 aromatic carbocycles. The molecule has 0 radical (unpaired) electrons. The Morgan fingerprint density at radius 3 is 2.86 bits per heavy atom. The van der Waals surface area contributed by atoms with Crippen molar-refractivity contribution >= 4 is 21.9 Å². The van der Waals surface area contributed by atoms with Crippen LogP contribution in [0.4, 0.5) is 4.39 Å². The van der Waals surface area contributed by atoms with Gasteiger partial charge >= 0.3 is 5.97 Å². The highest BCUT2D eigenvalue weighted by atomic mass is 79.9. The van der Waals surface area contributed by atoms with Crippen LogP contribution in [0.25, 0.3) is 0 Å². The third-order valence-corrected chi connectivity index (χ3v) is 2.46. The maximum atomic E-state index is 13.3. The predicted octanol–water partition coefficient (Wildman–Crippen LogP) is 2.01. The molecule has 1 N–H and O–H groups in total. The van der Waals surface area contributed by atoms with E-state index in [1.807, 2.05) is 0 Å². The first-order chi connectivity index (χ1) is 6.56. The zero-order chi connectivity index (χ0) is 10.7. The average Bonchev–Trinajstić information content (AvgIpc) is 2.19. The first-order valence-corrected chi connectivity index (χ1v) is 4.58. The second-order valence-electron chi connectivity index (χ2n) is 2.62. The van der Waals surface area contributed by atoms with Crippen LogP contribution in [0.1, 0.15) is 5.56 Å². The molecule has 0 aliphatic carbocycles. The predicted molar refractivity (Wildman–Crippen MR) is 51.5 cm³/mol. The van der Waals surface area contributed by atoms with E-state index in [0.29, 0.717) is 0 Å². The van der Waals surface area contributed by atoms with Crippen molar-refractivity contribution in [2.75, 3.05) is 7.11 Å². The number of ether oxygens (including phenoxy) is 1. The van der Waals surface area contributed by atoms with E-state index in [4.69, 9.17) is 5.11 Å². The highest BCUT2D eigenvalue weighted by Gasteiger charge is 2.13. The number of phenolic OH excluding ortho intramolecular Hbond substituents is 1. The molecule has 0 bridgehead atoms. The summed E-state index contributed by atoms with van der Waals surface area (Å²) in [6.07, 6.45) is -0.152. The number of aromatic hydroxyl groups is 1. The number of carbonyl (C=O) groups is 1. The number of rotatable bonds is 2. The summed E-state index contributed by atoms with van der Waals surface area (Å²) in [5.74, 6) is -1.37. The molecule has 0 saturated carbocycles. The van der Waals surface area contributed by atoms with Gasteiger partial charge in [0.05, 0.1) is 18.0 Å². The lowest BCUT2D eigenvalue weighted by atomic mass is 10.1. The molecular weight excluding hydrogens is 255 g/mol. The Bertz CT molecular complexity index is 365. The van der Waals surface area contributed by atoms with Crippen LogP contribution in [-0.2, 0) is 16.0 Å². The van der Waals surface area contributed by atoms with Gasteiger partial charge in [-0.1, -0.05) is 6.07 Å². The van der Waals surface area contributed by atoms with Crippen molar-refractivity contribution in [3.63, 3.8) is 0 Å². The van der Waals surface area contributed by atoms with Gasteiger partial charge in [0, 0.05) is 5.56 Å². The summed E-state index contributed by atoms with van der Waals surface area (Å²) in [6, 6.07) is 2.65. The molecule has 0 fully saturated rings. The van der Waals surface area contributed by atoms with Gasteiger partial charge in [-0.25, -0.2) is 4.39 Å². The van der Waals surface area contributed by atoms with Crippen molar-refractivity contribution < 1.29 is 19.0 Å². The molecule has 0 spiro atoms. The molecule has 0 atom stereocenters. The monoisotopic (exact) mass is 262 g/mol. The molecule has 0 saturated heterocycles. The number of esters is 1. The van der Waals surface area contributed by atoms with Gasteiger partial charge in [-0.15, -0.1) is 0 Å². The minimum Gasteiger partial charge on any atom is -0.507 e. The van der Waals surface area contributed by atoms with Crippen molar-refractivity contribution in [2.45, 2.75) is 6.42 Å². The maximum absolute atomic E-state index is 13.3. The Hall–Kier alpha value is -1.10. The van der Waals surface area contributed by atoms with Crippen LogP contribution in [0.5, 0.6) is 5.75 Å². The molecule has 0 aliphatic rings. The van der Waals surface area contributed by atoms with Gasteiger partial charge in [0.2, 0.25) is 0 Å². The highest BCUT2D eigenvalue weighted by molar-refractivity contribution is 9.10. The van der Waals surface area contributed by atoms with E-state index in [1.165, 1.54) is 19.2 Å². The van der Waals surface area contributed by atoms with Gasteiger partial charge in [-0.2, -0.15) is 0 Å². The first-order valence-electron chi connectivity index (χ1n) is 3.79. The quantitative estimate of drug-likeness (QED) is 0.830. The van der Waals surface area contributed by atoms with Crippen LogP contribution in [0, 0.1) is 5.82 Å². The SMILES string of the molecule is COC(=O)Cc1ccc(O)c(Br)c1F. The number of carbonyl (C=O) groups excluding carboxylic acids is 1. The Morgan fingerprint density at radius 1 is 1.64 bits per heavy atom. The van der Waals surface area contributed by atoms with Gasteiger partial charge in [0.15, 0.2) is 0 Å². The standard InChI is InChI=1S/C9H8BrFO3/c1-14-7(13)4-5-2-3-6(12)8(10)9(5)11/h2-3,12H,4H2,1H3. The maximum Gasteiger partial charge on any atom is 0.310 e. The van der Waals surface area contributed by atoms with E-state index in [1.54, 1.807) is 0 Å². The Balaban J connectivity index is 3.00. The lowest BCUT2D eigenvalue weighted by Gasteiger charge is -2.04. The van der Waals surface area contributed by atoms with Crippen molar-refractivity contribution in [1.29, 1.82) is 0 Å². The van der Waals surface area contributed by atoms with E-state index < -0.39 is 11.8 Å². The molecule has 0 amide bonds. The molecule has 0 aromatic heterocycles. The van der Waals surface area contributed by atoms with Crippen molar-refractivity contribution in [2.24, 2.45) is 0 Å². The third kappa shape index (κ3) is 2.23. The second-order valence-corrected chi connectivity index (χ2v) is 3.42. The van der Waals surface area contributed by atoms with E-state index in [0.717, 1.165) is 0 Å². The van der Waals surface area contributed by atoms with E-state index in [-0.39, 0.29) is 22.2 Å². The number of benzene rings is 1. The fraction of sp³-hybridized carbons (Fsp3) is 0.222. The van der Waals surface area contributed by atoms with Crippen molar-refractivity contribution in [3.8, 4) is 5.75 Å². The summed E-state index contributed by atoms with van der Waals surface area (Å²) in [4.78, 5) is 10.9. The van der Waals surface area contributed by atoms with E-state index in [2.05, 4.69) is 20.7 Å². The van der Waals surface area contributed by atoms with Crippen LogP contribution in [-0.4, -0.2) is 18.2 Å². The number of hydrogen-bond donors (Lipinski definition) is 1. The van der Waals surface area contributed by atoms with Crippen molar-refractivity contribution in [3.05, 3.63) is 28.0 Å². The number of methoxy groups -OCH3 is 1. The Morgan fingerprint density at radius 2 is 2.29 bits per heavy atom. The molecule has 1 aromatic rings. The fourth-order valence-corrected chi connectivity index (χ4v) is 1.33. The molecule has 14 heavy (non-hydrogen) atoms. The Kier molecular flexibility index (Phi) is 3.46. The summed E-state index contributed by atoms with van der Waals surface area (Å²) in [7, 11) is 1.23. The number of phenols is 1. The van der Waals surface area contributed by atoms with Crippen LogP contribution in [0.2, 0.25) is 0 Å². The molecule has 0 heterocycles. The second kappa shape index (κ2) is 4.41. The number of hydrogen-bond acceptors (Lipinski definition) is 3. The summed E-state index contributed by atoms with van der Waals surface area (Å²) in [5.41, 5.74) is 0.182. The lowest BCUT2D eigenvalue weighted by molar-refractivity contribution is -0.139. The fourth-order valence-electron chi connectivity index (χ4n) is 0.943. The molecule has 76 valence electrons. The normalized spacial score (nSPS) is 9.93. The van der Waals surface area contributed by atoms with Crippen LogP contribution in [0.3, 0.4) is 0 Å². The summed E-state index contributed by atoms with van der Waals surface area (Å²) in [6.45, 7) is 0. The van der Waals surface area contributed by atoms with Gasteiger partial charge in [-0.05, 0) is 22.0 Å². The third-order valence-electron chi connectivity index (χ3n) is 1.70. The van der Waals surface area contributed by atoms with Crippen LogP contribution < -0.4 is 0 Å². The highest BCUT2D eigenvalue weighted by Crippen LogP contribution is 2.28. The molecule has 0 unspecified atom stereocenters. The topological polar surface area (TPSA) is 46.5 Å². The molecule has 0 aliphatic heterocycles. The number of halogens is 2. The summed E-state index contributed by atoms with van der Waals surface area (Å²) < 4.78 is 17.7. The average molecular weight is 263 g/mol. The zero-order valence-electron chi connectivity index (χ0n) is 7.38. The Labute approximate surface area is 88.6 Å². The molecule has 1 rings (SSSR count). The first kappa shape index (κ1) is 11.0. The zero-order valence-corrected chi connectivity index (χ0v) is 8.97. The minimum absolute atomic E-state index is 0.0427. The van der Waals surface area contributed by atoms with Gasteiger partial charge in [0.1, 0.15) is 11.6 Å². The van der Waals surface area contributed by atoms with E-state index >= 15 is 0 Å². The molecule has 3 nitrogen and oxygen atoms in total. The van der Waals surface area contributed by atoms with Gasteiger partial charge in [0.25, 0.3) is 0 Å².